The molecular formula is C22H18Cl2O4S. The SMILES string of the molecule is Cc1ccc(S(=O)(=O)OCC2Cc3cccc(-c4cc(Cl)ccc4Cl)c3O2)cc1. The van der Waals surface area contributed by atoms with Crippen LogP contribution >= 0.6 is 23.2 Å². The minimum absolute atomic E-state index is 0.0758. The third kappa shape index (κ3) is 4.28. The molecule has 0 bridgehead atoms. The molecule has 0 saturated heterocycles. The van der Waals surface area contributed by atoms with E-state index < -0.39 is 16.2 Å². The van der Waals surface area contributed by atoms with Crippen LogP contribution in [-0.2, 0) is 20.7 Å². The highest BCUT2D eigenvalue weighted by atomic mass is 35.5. The summed E-state index contributed by atoms with van der Waals surface area (Å²) in [7, 11) is -3.85. The molecule has 1 atom stereocenters. The summed E-state index contributed by atoms with van der Waals surface area (Å²) in [4.78, 5) is 0.130. The van der Waals surface area contributed by atoms with Crippen molar-refractivity contribution in [2.24, 2.45) is 0 Å². The molecule has 0 aromatic heterocycles. The summed E-state index contributed by atoms with van der Waals surface area (Å²) in [5.41, 5.74) is 3.54. The monoisotopic (exact) mass is 448 g/mol. The fraction of sp³-hybridized carbons (Fsp3) is 0.182. The summed E-state index contributed by atoms with van der Waals surface area (Å²) in [6.07, 6.45) is 0.134. The summed E-state index contributed by atoms with van der Waals surface area (Å²) in [6.45, 7) is 1.82. The van der Waals surface area contributed by atoms with Crippen molar-refractivity contribution in [2.75, 3.05) is 6.61 Å². The summed E-state index contributed by atoms with van der Waals surface area (Å²) in [6, 6.07) is 17.6. The Morgan fingerprint density at radius 1 is 1.03 bits per heavy atom. The highest BCUT2D eigenvalue weighted by Crippen LogP contribution is 2.42. The molecule has 1 aliphatic heterocycles. The molecule has 0 amide bonds. The second-order valence-electron chi connectivity index (χ2n) is 6.91. The van der Waals surface area contributed by atoms with Gasteiger partial charge in [0.05, 0.1) is 4.90 Å². The molecule has 29 heavy (non-hydrogen) atoms. The number of rotatable bonds is 5. The zero-order chi connectivity index (χ0) is 20.6. The molecule has 3 aromatic carbocycles. The van der Waals surface area contributed by atoms with E-state index in [4.69, 9.17) is 32.1 Å². The molecule has 1 aliphatic rings. The number of ether oxygens (including phenoxy) is 1. The van der Waals surface area contributed by atoms with Crippen molar-refractivity contribution in [1.82, 2.24) is 0 Å². The van der Waals surface area contributed by atoms with Crippen LogP contribution in [0.5, 0.6) is 5.75 Å². The van der Waals surface area contributed by atoms with Crippen molar-refractivity contribution >= 4 is 33.3 Å². The third-order valence-electron chi connectivity index (χ3n) is 4.77. The minimum atomic E-state index is -3.85. The van der Waals surface area contributed by atoms with Crippen LogP contribution in [0, 0.1) is 6.92 Å². The molecule has 7 heteroatoms. The number of aryl methyl sites for hydroxylation is 1. The van der Waals surface area contributed by atoms with E-state index in [1.54, 1.807) is 30.3 Å². The molecule has 0 fully saturated rings. The van der Waals surface area contributed by atoms with Gasteiger partial charge in [0.1, 0.15) is 18.5 Å². The molecule has 0 aliphatic carbocycles. The largest absolute Gasteiger partial charge is 0.487 e. The predicted octanol–water partition coefficient (Wildman–Crippen LogP) is 5.68. The normalized spacial score (nSPS) is 15.8. The molecule has 3 aromatic rings. The Morgan fingerprint density at radius 2 is 1.79 bits per heavy atom. The Balaban J connectivity index is 1.53. The molecule has 1 unspecified atom stereocenters. The Kier molecular flexibility index (Phi) is 5.58. The van der Waals surface area contributed by atoms with E-state index in [0.717, 1.165) is 22.3 Å². The van der Waals surface area contributed by atoms with Gasteiger partial charge in [0, 0.05) is 27.6 Å². The van der Waals surface area contributed by atoms with E-state index in [9.17, 15) is 8.42 Å². The molecule has 0 radical (unpaired) electrons. The van der Waals surface area contributed by atoms with Crippen LogP contribution in [0.15, 0.2) is 65.6 Å². The van der Waals surface area contributed by atoms with Gasteiger partial charge in [-0.05, 0) is 42.8 Å². The van der Waals surface area contributed by atoms with E-state index in [1.165, 1.54) is 12.1 Å². The second kappa shape index (κ2) is 8.00. The van der Waals surface area contributed by atoms with E-state index in [2.05, 4.69) is 0 Å². The van der Waals surface area contributed by atoms with Crippen molar-refractivity contribution in [1.29, 1.82) is 0 Å². The number of fused-ring (bicyclic) bond motifs is 1. The number of hydrogen-bond acceptors (Lipinski definition) is 4. The highest BCUT2D eigenvalue weighted by molar-refractivity contribution is 7.86. The lowest BCUT2D eigenvalue weighted by molar-refractivity contribution is 0.152. The molecule has 150 valence electrons. The van der Waals surface area contributed by atoms with Gasteiger partial charge in [-0.2, -0.15) is 8.42 Å². The van der Waals surface area contributed by atoms with E-state index in [1.807, 2.05) is 25.1 Å². The smallest absolute Gasteiger partial charge is 0.297 e. The standard InChI is InChI=1S/C22H18Cl2O4S/c1-14-5-8-18(9-6-14)29(25,26)27-13-17-11-15-3-2-4-19(22(15)28-17)20-12-16(23)7-10-21(20)24/h2-10,12,17H,11,13H2,1H3. The van der Waals surface area contributed by atoms with Crippen molar-refractivity contribution in [2.45, 2.75) is 24.3 Å². The van der Waals surface area contributed by atoms with Crippen LogP contribution in [-0.4, -0.2) is 21.1 Å². The topological polar surface area (TPSA) is 52.6 Å². The lowest BCUT2D eigenvalue weighted by atomic mass is 10.0. The van der Waals surface area contributed by atoms with Gasteiger partial charge < -0.3 is 4.74 Å². The van der Waals surface area contributed by atoms with Crippen LogP contribution in [0.2, 0.25) is 10.0 Å². The number of halogens is 2. The molecular weight excluding hydrogens is 431 g/mol. The average Bonchev–Trinajstić information content (AvgIpc) is 3.12. The van der Waals surface area contributed by atoms with Crippen molar-refractivity contribution in [3.8, 4) is 16.9 Å². The van der Waals surface area contributed by atoms with Crippen molar-refractivity contribution in [3.05, 3.63) is 81.8 Å². The van der Waals surface area contributed by atoms with Gasteiger partial charge in [-0.25, -0.2) is 0 Å². The second-order valence-corrected chi connectivity index (χ2v) is 9.37. The van der Waals surface area contributed by atoms with E-state index in [0.29, 0.717) is 22.2 Å². The van der Waals surface area contributed by atoms with Gasteiger partial charge in [-0.1, -0.05) is 59.1 Å². The summed E-state index contributed by atoms with van der Waals surface area (Å²) >= 11 is 12.5. The van der Waals surface area contributed by atoms with Crippen LogP contribution in [0.3, 0.4) is 0 Å². The first-order valence-corrected chi connectivity index (χ1v) is 11.2. The van der Waals surface area contributed by atoms with Gasteiger partial charge in [-0.3, -0.25) is 4.18 Å². The zero-order valence-electron chi connectivity index (χ0n) is 15.6. The molecule has 0 saturated carbocycles. The highest BCUT2D eigenvalue weighted by Gasteiger charge is 2.28. The lowest BCUT2D eigenvalue weighted by Crippen LogP contribution is -2.23. The zero-order valence-corrected chi connectivity index (χ0v) is 17.9. The third-order valence-corrected chi connectivity index (χ3v) is 6.63. The van der Waals surface area contributed by atoms with Crippen molar-refractivity contribution < 1.29 is 17.3 Å². The minimum Gasteiger partial charge on any atom is -0.487 e. The maximum atomic E-state index is 12.4. The van der Waals surface area contributed by atoms with E-state index in [-0.39, 0.29) is 11.5 Å². The first-order chi connectivity index (χ1) is 13.8. The predicted molar refractivity (Wildman–Crippen MR) is 114 cm³/mol. The van der Waals surface area contributed by atoms with Crippen LogP contribution in [0.4, 0.5) is 0 Å². The number of para-hydroxylation sites is 1. The van der Waals surface area contributed by atoms with Gasteiger partial charge >= 0.3 is 0 Å². The molecule has 1 heterocycles. The van der Waals surface area contributed by atoms with Gasteiger partial charge in [-0.15, -0.1) is 0 Å². The Bertz CT molecular complexity index is 1160. The Morgan fingerprint density at radius 3 is 2.55 bits per heavy atom. The quantitative estimate of drug-likeness (QED) is 0.471. The fourth-order valence-corrected chi connectivity index (χ4v) is 4.61. The van der Waals surface area contributed by atoms with Gasteiger partial charge in [0.15, 0.2) is 0 Å². The first kappa shape index (κ1) is 20.2. The summed E-state index contributed by atoms with van der Waals surface area (Å²) in [5, 5.41) is 1.14. The number of benzene rings is 3. The summed E-state index contributed by atoms with van der Waals surface area (Å²) in [5.74, 6) is 0.679. The number of hydrogen-bond donors (Lipinski definition) is 0. The van der Waals surface area contributed by atoms with Crippen LogP contribution < -0.4 is 4.74 Å². The van der Waals surface area contributed by atoms with Gasteiger partial charge in [0.25, 0.3) is 10.1 Å². The Labute approximate surface area is 180 Å². The Hall–Kier alpha value is -2.05. The first-order valence-electron chi connectivity index (χ1n) is 9.03. The van der Waals surface area contributed by atoms with E-state index >= 15 is 0 Å². The average molecular weight is 449 g/mol. The molecule has 0 N–H and O–H groups in total. The molecule has 4 rings (SSSR count). The summed E-state index contributed by atoms with van der Waals surface area (Å²) < 4.78 is 36.2. The lowest BCUT2D eigenvalue weighted by Gasteiger charge is -2.14. The van der Waals surface area contributed by atoms with Gasteiger partial charge in [0.2, 0.25) is 0 Å². The maximum Gasteiger partial charge on any atom is 0.297 e. The molecule has 4 nitrogen and oxygen atoms in total. The van der Waals surface area contributed by atoms with Crippen LogP contribution in [0.1, 0.15) is 11.1 Å². The molecule has 0 spiro atoms. The maximum absolute atomic E-state index is 12.4. The fourth-order valence-electron chi connectivity index (χ4n) is 3.29. The van der Waals surface area contributed by atoms with Crippen LogP contribution in [0.25, 0.3) is 11.1 Å². The van der Waals surface area contributed by atoms with Crippen molar-refractivity contribution in [3.63, 3.8) is 0 Å².